The van der Waals surface area contributed by atoms with Crippen molar-refractivity contribution in [2.75, 3.05) is 31.1 Å². The molecule has 4 heterocycles. The second kappa shape index (κ2) is 9.46. The molecule has 1 saturated heterocycles. The first-order valence-electron chi connectivity index (χ1n) is 11.1. The van der Waals surface area contributed by atoms with E-state index in [4.69, 9.17) is 0 Å². The number of hydrogen-bond acceptors (Lipinski definition) is 4. The predicted molar refractivity (Wildman–Crippen MR) is 129 cm³/mol. The molecule has 0 unspecified atom stereocenters. The first-order chi connectivity index (χ1) is 16.2. The maximum Gasteiger partial charge on any atom is 0.274 e. The van der Waals surface area contributed by atoms with E-state index in [9.17, 15) is 9.59 Å². The second-order valence-corrected chi connectivity index (χ2v) is 9.07. The molecule has 0 spiro atoms. The number of rotatable bonds is 6. The number of benzene rings is 1. The zero-order valence-corrected chi connectivity index (χ0v) is 19.0. The summed E-state index contributed by atoms with van der Waals surface area (Å²) in [7, 11) is 0. The molecule has 168 valence electrons. The molecule has 1 atom stereocenters. The number of para-hydroxylation sites is 1. The van der Waals surface area contributed by atoms with Crippen LogP contribution in [0.5, 0.6) is 0 Å². The summed E-state index contributed by atoms with van der Waals surface area (Å²) in [6, 6.07) is 17.0. The normalized spacial score (nSPS) is 14.9. The second-order valence-electron chi connectivity index (χ2n) is 8.13. The standard InChI is InChI=1S/C25H25N5O2S/c31-24(22-8-5-15-33-22)28-21(16-18-17-27-20-7-2-1-6-19(18)20)25(32)30-13-11-29(12-14-30)23-9-3-4-10-26-23/h1-10,15,17,21,27H,11-14,16H2,(H,28,31)/p+1/t21-/m0/s1. The molecule has 1 aliphatic rings. The minimum atomic E-state index is -0.631. The summed E-state index contributed by atoms with van der Waals surface area (Å²) in [5.41, 5.74) is 2.05. The minimum absolute atomic E-state index is 0.0399. The Morgan fingerprint density at radius 3 is 2.61 bits per heavy atom. The third-order valence-corrected chi connectivity index (χ3v) is 6.94. The zero-order chi connectivity index (χ0) is 22.6. The van der Waals surface area contributed by atoms with Gasteiger partial charge in [-0.1, -0.05) is 30.3 Å². The number of carbonyl (C=O) groups is 2. The van der Waals surface area contributed by atoms with Crippen molar-refractivity contribution >= 4 is 39.9 Å². The lowest BCUT2D eigenvalue weighted by atomic mass is 10.0. The molecule has 3 aromatic heterocycles. The highest BCUT2D eigenvalue weighted by Crippen LogP contribution is 2.21. The molecule has 1 aliphatic heterocycles. The van der Waals surface area contributed by atoms with Crippen molar-refractivity contribution in [2.24, 2.45) is 0 Å². The van der Waals surface area contributed by atoms with Gasteiger partial charge < -0.3 is 15.2 Å². The summed E-state index contributed by atoms with van der Waals surface area (Å²) >= 11 is 1.38. The van der Waals surface area contributed by atoms with Gasteiger partial charge in [-0.2, -0.15) is 0 Å². The molecule has 0 saturated carbocycles. The van der Waals surface area contributed by atoms with Crippen molar-refractivity contribution in [1.29, 1.82) is 0 Å². The molecule has 7 nitrogen and oxygen atoms in total. The molecule has 5 rings (SSSR count). The number of piperazine rings is 1. The van der Waals surface area contributed by atoms with Crippen LogP contribution in [-0.4, -0.2) is 53.9 Å². The van der Waals surface area contributed by atoms with E-state index in [-0.39, 0.29) is 11.8 Å². The number of aromatic amines is 2. The first-order valence-corrected chi connectivity index (χ1v) is 12.0. The Labute approximate surface area is 196 Å². The fourth-order valence-corrected chi connectivity index (χ4v) is 4.95. The van der Waals surface area contributed by atoms with Crippen LogP contribution in [0, 0.1) is 0 Å². The van der Waals surface area contributed by atoms with Gasteiger partial charge in [0.1, 0.15) is 19.1 Å². The largest absolute Gasteiger partial charge is 0.361 e. The van der Waals surface area contributed by atoms with Crippen LogP contribution in [0.25, 0.3) is 10.9 Å². The molecule has 4 aromatic rings. The van der Waals surface area contributed by atoms with Gasteiger partial charge in [0.2, 0.25) is 5.91 Å². The highest BCUT2D eigenvalue weighted by molar-refractivity contribution is 7.12. The van der Waals surface area contributed by atoms with Crippen LogP contribution in [0.3, 0.4) is 0 Å². The van der Waals surface area contributed by atoms with Crippen LogP contribution in [0.15, 0.2) is 72.4 Å². The Kier molecular flexibility index (Phi) is 6.08. The summed E-state index contributed by atoms with van der Waals surface area (Å²) in [6.07, 6.45) is 4.28. The van der Waals surface area contributed by atoms with Crippen molar-refractivity contribution in [3.63, 3.8) is 0 Å². The summed E-state index contributed by atoms with van der Waals surface area (Å²) in [5, 5.41) is 5.95. The highest BCUT2D eigenvalue weighted by Gasteiger charge is 2.32. The van der Waals surface area contributed by atoms with Crippen molar-refractivity contribution in [3.05, 3.63) is 82.8 Å². The van der Waals surface area contributed by atoms with E-state index >= 15 is 0 Å². The molecule has 0 bridgehead atoms. The Morgan fingerprint density at radius 2 is 1.85 bits per heavy atom. The fraction of sp³-hybridized carbons (Fsp3) is 0.240. The highest BCUT2D eigenvalue weighted by atomic mass is 32.1. The molecular weight excluding hydrogens is 434 g/mol. The van der Waals surface area contributed by atoms with Gasteiger partial charge in [-0.25, -0.2) is 4.98 Å². The van der Waals surface area contributed by atoms with Gasteiger partial charge in [0.25, 0.3) is 11.7 Å². The van der Waals surface area contributed by atoms with E-state index in [2.05, 4.69) is 20.2 Å². The lowest BCUT2D eigenvalue weighted by molar-refractivity contribution is -0.364. The van der Waals surface area contributed by atoms with E-state index in [1.165, 1.54) is 11.3 Å². The van der Waals surface area contributed by atoms with Gasteiger partial charge in [0, 0.05) is 29.6 Å². The lowest BCUT2D eigenvalue weighted by Gasteiger charge is -2.33. The van der Waals surface area contributed by atoms with Crippen molar-refractivity contribution in [1.82, 2.24) is 15.2 Å². The first kappa shape index (κ1) is 21.2. The predicted octanol–water partition coefficient (Wildman–Crippen LogP) is 2.73. The Balaban J connectivity index is 1.33. The average Bonchev–Trinajstić information content (AvgIpc) is 3.55. The molecule has 0 aliphatic carbocycles. The van der Waals surface area contributed by atoms with E-state index in [1.807, 2.05) is 71.2 Å². The molecule has 0 radical (unpaired) electrons. The van der Waals surface area contributed by atoms with Gasteiger partial charge in [0.05, 0.1) is 24.2 Å². The molecule has 33 heavy (non-hydrogen) atoms. The summed E-state index contributed by atoms with van der Waals surface area (Å²) in [4.78, 5) is 37.7. The Morgan fingerprint density at radius 1 is 1.03 bits per heavy atom. The van der Waals surface area contributed by atoms with Gasteiger partial charge >= 0.3 is 0 Å². The SMILES string of the molecule is O=C(N[C@@H](Cc1c[nH]c2ccccc12)C(=O)N1CCN(c2cccc[nH+]2)CC1)c1cccs1. The van der Waals surface area contributed by atoms with Crippen LogP contribution >= 0.6 is 11.3 Å². The van der Waals surface area contributed by atoms with E-state index in [0.29, 0.717) is 24.4 Å². The van der Waals surface area contributed by atoms with Crippen LogP contribution in [-0.2, 0) is 11.2 Å². The maximum atomic E-state index is 13.6. The maximum absolute atomic E-state index is 13.6. The van der Waals surface area contributed by atoms with E-state index in [0.717, 1.165) is 35.4 Å². The number of anilines is 1. The zero-order valence-electron chi connectivity index (χ0n) is 18.2. The fourth-order valence-electron chi connectivity index (χ4n) is 4.33. The van der Waals surface area contributed by atoms with Gasteiger partial charge in [-0.05, 0) is 29.1 Å². The number of amides is 2. The average molecular weight is 461 g/mol. The third kappa shape index (κ3) is 4.61. The minimum Gasteiger partial charge on any atom is -0.361 e. The molecule has 2 amide bonds. The smallest absolute Gasteiger partial charge is 0.274 e. The number of nitrogens with zero attached hydrogens (tertiary/aromatic N) is 2. The Hall–Kier alpha value is -3.65. The van der Waals surface area contributed by atoms with Crippen LogP contribution in [0.4, 0.5) is 5.82 Å². The number of carbonyl (C=O) groups excluding carboxylic acids is 2. The van der Waals surface area contributed by atoms with Gasteiger partial charge in [-0.3, -0.25) is 14.5 Å². The van der Waals surface area contributed by atoms with Crippen molar-refractivity contribution < 1.29 is 14.6 Å². The van der Waals surface area contributed by atoms with Crippen LogP contribution < -0.4 is 15.2 Å². The number of thiophene rings is 1. The van der Waals surface area contributed by atoms with Gasteiger partial charge in [0.15, 0.2) is 0 Å². The number of nitrogens with one attached hydrogen (secondary N) is 3. The van der Waals surface area contributed by atoms with E-state index < -0.39 is 6.04 Å². The van der Waals surface area contributed by atoms with E-state index in [1.54, 1.807) is 6.07 Å². The molecule has 1 fully saturated rings. The third-order valence-electron chi connectivity index (χ3n) is 6.07. The Bertz CT molecular complexity index is 1230. The summed E-state index contributed by atoms with van der Waals surface area (Å²) in [6.45, 7) is 2.71. The molecule has 8 heteroatoms. The van der Waals surface area contributed by atoms with Crippen molar-refractivity contribution in [2.45, 2.75) is 12.5 Å². The molecule has 3 N–H and O–H groups in total. The number of pyridine rings is 1. The number of hydrogen-bond donors (Lipinski definition) is 2. The van der Waals surface area contributed by atoms with Crippen molar-refractivity contribution in [3.8, 4) is 0 Å². The number of fused-ring (bicyclic) bond motifs is 1. The quantitative estimate of drug-likeness (QED) is 0.464. The summed E-state index contributed by atoms with van der Waals surface area (Å²) in [5.74, 6) is 0.800. The van der Waals surface area contributed by atoms with Crippen LogP contribution in [0.2, 0.25) is 0 Å². The lowest BCUT2D eigenvalue weighted by Crippen LogP contribution is -2.56. The number of H-pyrrole nitrogens is 2. The topological polar surface area (TPSA) is 82.6 Å². The monoisotopic (exact) mass is 460 g/mol. The summed E-state index contributed by atoms with van der Waals surface area (Å²) < 4.78 is 0. The molecular formula is C25H26N5O2S+. The molecule has 1 aromatic carbocycles. The number of aromatic nitrogens is 2. The van der Waals surface area contributed by atoms with Crippen LogP contribution in [0.1, 0.15) is 15.2 Å². The van der Waals surface area contributed by atoms with Gasteiger partial charge in [-0.15, -0.1) is 11.3 Å².